The van der Waals surface area contributed by atoms with Gasteiger partial charge in [0.15, 0.2) is 0 Å². The zero-order valence-electron chi connectivity index (χ0n) is 11.0. The number of aromatic nitrogens is 1. The maximum absolute atomic E-state index is 12.5. The van der Waals surface area contributed by atoms with E-state index < -0.39 is 12.0 Å². The number of hydrogen-bond acceptors (Lipinski definition) is 5. The maximum atomic E-state index is 12.5. The highest BCUT2D eigenvalue weighted by Crippen LogP contribution is 2.41. The molecule has 20 heavy (non-hydrogen) atoms. The number of rotatable bonds is 4. The molecule has 0 aliphatic carbocycles. The van der Waals surface area contributed by atoms with Crippen LogP contribution in [-0.4, -0.2) is 44.4 Å². The minimum atomic E-state index is -0.969. The second-order valence-corrected chi connectivity index (χ2v) is 6.13. The van der Waals surface area contributed by atoms with E-state index in [1.54, 1.807) is 25.4 Å². The first-order valence-electron chi connectivity index (χ1n) is 6.23. The minimum absolute atomic E-state index is 0.175. The predicted molar refractivity (Wildman–Crippen MR) is 80.7 cm³/mol. The van der Waals surface area contributed by atoms with E-state index >= 15 is 0 Å². The van der Waals surface area contributed by atoms with Crippen molar-refractivity contribution < 1.29 is 14.7 Å². The summed E-state index contributed by atoms with van der Waals surface area (Å²) in [6.07, 6.45) is 3.33. The molecule has 1 aliphatic rings. The summed E-state index contributed by atoms with van der Waals surface area (Å²) in [7, 11) is 0. The lowest BCUT2D eigenvalue weighted by Gasteiger charge is -2.29. The molecule has 0 spiro atoms. The van der Waals surface area contributed by atoms with Gasteiger partial charge in [-0.2, -0.15) is 12.6 Å². The van der Waals surface area contributed by atoms with Crippen LogP contribution in [0.4, 0.5) is 0 Å². The van der Waals surface area contributed by atoms with E-state index in [1.807, 2.05) is 6.07 Å². The number of carboxylic acid groups (broad SMARTS) is 1. The van der Waals surface area contributed by atoms with Gasteiger partial charge in [0.1, 0.15) is 11.4 Å². The molecule has 5 nitrogen and oxygen atoms in total. The molecule has 2 unspecified atom stereocenters. The van der Waals surface area contributed by atoms with Crippen LogP contribution in [0.2, 0.25) is 0 Å². The van der Waals surface area contributed by atoms with Crippen molar-refractivity contribution in [2.75, 3.05) is 11.5 Å². The normalized spacial score (nSPS) is 23.6. The Morgan fingerprint density at radius 3 is 2.95 bits per heavy atom. The first-order valence-corrected chi connectivity index (χ1v) is 7.91. The molecule has 1 N–H and O–H groups in total. The Bertz CT molecular complexity index is 498. The summed E-state index contributed by atoms with van der Waals surface area (Å²) in [5.41, 5.74) is 0.848. The van der Waals surface area contributed by atoms with E-state index in [0.29, 0.717) is 11.5 Å². The molecular formula is C13H16N2O3S2. The highest BCUT2D eigenvalue weighted by molar-refractivity contribution is 7.99. The number of carbonyl (C=O) groups excluding carboxylic acids is 1. The number of amides is 1. The van der Waals surface area contributed by atoms with Crippen LogP contribution in [0.15, 0.2) is 24.5 Å². The third kappa shape index (κ3) is 2.93. The monoisotopic (exact) mass is 312 g/mol. The van der Waals surface area contributed by atoms with Gasteiger partial charge >= 0.3 is 5.97 Å². The molecule has 1 saturated heterocycles. The Labute approximate surface area is 127 Å². The quantitative estimate of drug-likeness (QED) is 0.828. The minimum Gasteiger partial charge on any atom is -0.480 e. The highest BCUT2D eigenvalue weighted by Gasteiger charge is 2.43. The number of thiol groups is 1. The second-order valence-electron chi connectivity index (χ2n) is 4.66. The first-order chi connectivity index (χ1) is 9.56. The second kappa shape index (κ2) is 6.49. The number of pyridine rings is 1. The third-order valence-electron chi connectivity index (χ3n) is 3.20. The number of carboxylic acids is 1. The van der Waals surface area contributed by atoms with Gasteiger partial charge in [0.2, 0.25) is 5.91 Å². The predicted octanol–water partition coefficient (Wildman–Crippen LogP) is 1.67. The van der Waals surface area contributed by atoms with Crippen molar-refractivity contribution in [2.24, 2.45) is 5.92 Å². The van der Waals surface area contributed by atoms with Gasteiger partial charge in [-0.15, -0.1) is 11.8 Å². The fraction of sp³-hybridized carbons (Fsp3) is 0.462. The van der Waals surface area contributed by atoms with Gasteiger partial charge in [-0.3, -0.25) is 9.78 Å². The zero-order valence-corrected chi connectivity index (χ0v) is 12.7. The largest absolute Gasteiger partial charge is 0.480 e. The summed E-state index contributed by atoms with van der Waals surface area (Å²) in [5.74, 6) is -0.667. The van der Waals surface area contributed by atoms with Crippen LogP contribution in [0.25, 0.3) is 0 Å². The molecule has 0 saturated carbocycles. The summed E-state index contributed by atoms with van der Waals surface area (Å²) >= 11 is 5.59. The molecule has 0 radical (unpaired) electrons. The van der Waals surface area contributed by atoms with E-state index in [4.69, 9.17) is 0 Å². The topological polar surface area (TPSA) is 70.5 Å². The Morgan fingerprint density at radius 2 is 2.40 bits per heavy atom. The van der Waals surface area contributed by atoms with Crippen LogP contribution in [0, 0.1) is 5.92 Å². The lowest BCUT2D eigenvalue weighted by atomic mass is 10.1. The van der Waals surface area contributed by atoms with Crippen LogP contribution in [0.5, 0.6) is 0 Å². The van der Waals surface area contributed by atoms with Crippen molar-refractivity contribution in [3.8, 4) is 0 Å². The van der Waals surface area contributed by atoms with Crippen molar-refractivity contribution in [1.29, 1.82) is 0 Å². The lowest BCUT2D eigenvalue weighted by molar-refractivity contribution is -0.150. The van der Waals surface area contributed by atoms with Gasteiger partial charge in [0, 0.05) is 35.4 Å². The Kier molecular flexibility index (Phi) is 4.93. The van der Waals surface area contributed by atoms with Crippen LogP contribution >= 0.6 is 24.4 Å². The van der Waals surface area contributed by atoms with Crippen molar-refractivity contribution in [3.05, 3.63) is 30.1 Å². The first kappa shape index (κ1) is 15.2. The van der Waals surface area contributed by atoms with Crippen molar-refractivity contribution in [1.82, 2.24) is 9.88 Å². The zero-order chi connectivity index (χ0) is 14.7. The van der Waals surface area contributed by atoms with Crippen molar-refractivity contribution >= 4 is 36.3 Å². The molecule has 1 aliphatic heterocycles. The number of thioether (sulfide) groups is 1. The molecule has 0 bridgehead atoms. The third-order valence-corrected chi connectivity index (χ3v) is 5.08. The van der Waals surface area contributed by atoms with E-state index in [1.165, 1.54) is 16.7 Å². The Hall–Kier alpha value is -1.21. The highest BCUT2D eigenvalue weighted by atomic mass is 32.2. The van der Waals surface area contributed by atoms with Crippen LogP contribution in [0.1, 0.15) is 17.9 Å². The molecule has 0 aromatic carbocycles. The summed E-state index contributed by atoms with van der Waals surface area (Å²) < 4.78 is 0. The molecular weight excluding hydrogens is 296 g/mol. The van der Waals surface area contributed by atoms with E-state index in [-0.39, 0.29) is 17.2 Å². The molecule has 2 heterocycles. The molecule has 1 aromatic heterocycles. The molecule has 3 atom stereocenters. The fourth-order valence-corrected chi connectivity index (χ4v) is 3.64. The average Bonchev–Trinajstić information content (AvgIpc) is 2.91. The van der Waals surface area contributed by atoms with E-state index in [2.05, 4.69) is 17.6 Å². The van der Waals surface area contributed by atoms with Gasteiger partial charge in [-0.25, -0.2) is 4.79 Å². The van der Waals surface area contributed by atoms with E-state index in [0.717, 1.165) is 5.56 Å². The number of carbonyl (C=O) groups is 2. The summed E-state index contributed by atoms with van der Waals surface area (Å²) in [5, 5.41) is 9.02. The van der Waals surface area contributed by atoms with Gasteiger partial charge in [-0.1, -0.05) is 13.0 Å². The summed E-state index contributed by atoms with van der Waals surface area (Å²) in [4.78, 5) is 29.3. The Balaban J connectivity index is 2.32. The Morgan fingerprint density at radius 1 is 1.65 bits per heavy atom. The molecule has 108 valence electrons. The van der Waals surface area contributed by atoms with Gasteiger partial charge in [-0.05, 0) is 6.07 Å². The van der Waals surface area contributed by atoms with Crippen molar-refractivity contribution in [3.63, 3.8) is 0 Å². The lowest BCUT2D eigenvalue weighted by Crippen LogP contribution is -2.45. The number of aliphatic carboxylic acids is 1. The van der Waals surface area contributed by atoms with Crippen LogP contribution in [0.3, 0.4) is 0 Å². The molecule has 7 heteroatoms. The standard InChI is InChI=1S/C13H16N2O3S2/c1-8(6-19)11(16)15-10(13(17)18)7-20-12(15)9-3-2-4-14-5-9/h2-5,8,10,12,19H,6-7H2,1H3,(H,17,18)/t8?,10-,12?/m0/s1. The smallest absolute Gasteiger partial charge is 0.327 e. The molecule has 1 aromatic rings. The maximum Gasteiger partial charge on any atom is 0.327 e. The molecule has 1 fully saturated rings. The summed E-state index contributed by atoms with van der Waals surface area (Å²) in [6.45, 7) is 1.76. The van der Waals surface area contributed by atoms with E-state index in [9.17, 15) is 14.7 Å². The molecule has 2 rings (SSSR count). The van der Waals surface area contributed by atoms with Crippen LogP contribution in [-0.2, 0) is 9.59 Å². The van der Waals surface area contributed by atoms with Crippen molar-refractivity contribution in [2.45, 2.75) is 18.3 Å². The number of hydrogen-bond donors (Lipinski definition) is 2. The number of nitrogens with zero attached hydrogens (tertiary/aromatic N) is 2. The van der Waals surface area contributed by atoms with Gasteiger partial charge in [0.25, 0.3) is 0 Å². The average molecular weight is 312 g/mol. The van der Waals surface area contributed by atoms with Crippen LogP contribution < -0.4 is 0 Å². The SMILES string of the molecule is CC(CS)C(=O)N1C(c2cccnc2)SC[C@H]1C(=O)O. The fourth-order valence-electron chi connectivity index (χ4n) is 2.08. The van der Waals surface area contributed by atoms with Gasteiger partial charge < -0.3 is 10.0 Å². The molecule has 1 amide bonds. The summed E-state index contributed by atoms with van der Waals surface area (Å²) in [6, 6.07) is 2.86. The van der Waals surface area contributed by atoms with Gasteiger partial charge in [0.05, 0.1) is 0 Å².